The van der Waals surface area contributed by atoms with Crippen LogP contribution in [0.5, 0.6) is 0 Å². The topological polar surface area (TPSA) is 83.8 Å². The number of rotatable bonds is 3. The molecule has 0 aliphatic rings. The molecule has 0 atom stereocenters. The van der Waals surface area contributed by atoms with Crippen molar-refractivity contribution in [1.29, 1.82) is 0 Å². The summed E-state index contributed by atoms with van der Waals surface area (Å²) in [6.07, 6.45) is 2.10. The van der Waals surface area contributed by atoms with Crippen molar-refractivity contribution in [1.82, 2.24) is 19.5 Å². The fourth-order valence-electron chi connectivity index (χ4n) is 3.57. The largest absolute Gasteiger partial charge is 0.464 e. The van der Waals surface area contributed by atoms with Crippen molar-refractivity contribution in [3.63, 3.8) is 0 Å². The van der Waals surface area contributed by atoms with Crippen LogP contribution in [0.4, 0.5) is 9.18 Å². The van der Waals surface area contributed by atoms with E-state index >= 15 is 0 Å². The van der Waals surface area contributed by atoms with Crippen molar-refractivity contribution in [2.75, 3.05) is 0 Å². The Kier molecular flexibility index (Phi) is 4.52. The van der Waals surface area contributed by atoms with Gasteiger partial charge in [0.05, 0.1) is 39.4 Å². The number of halogens is 2. The molecule has 6 nitrogen and oxygen atoms in total. The van der Waals surface area contributed by atoms with Gasteiger partial charge >= 0.3 is 6.09 Å². The lowest BCUT2D eigenvalue weighted by molar-refractivity contribution is 0.198. The number of aromatic amines is 1. The Hall–Kier alpha value is -3.97. The number of hydrogen-bond donors (Lipinski definition) is 2. The van der Waals surface area contributed by atoms with Crippen LogP contribution in [0.3, 0.4) is 0 Å². The van der Waals surface area contributed by atoms with Gasteiger partial charge in [0.25, 0.3) is 0 Å². The second-order valence-corrected chi connectivity index (χ2v) is 7.29. The van der Waals surface area contributed by atoms with E-state index in [2.05, 4.69) is 15.0 Å². The summed E-state index contributed by atoms with van der Waals surface area (Å²) >= 11 is 6.12. The van der Waals surface area contributed by atoms with Gasteiger partial charge in [0.15, 0.2) is 0 Å². The van der Waals surface area contributed by atoms with Crippen LogP contribution in [0.2, 0.25) is 5.02 Å². The predicted molar refractivity (Wildman–Crippen MR) is 117 cm³/mol. The van der Waals surface area contributed by atoms with E-state index in [0.29, 0.717) is 34.0 Å². The van der Waals surface area contributed by atoms with E-state index in [1.807, 2.05) is 12.1 Å². The van der Waals surface area contributed by atoms with Crippen molar-refractivity contribution < 1.29 is 14.3 Å². The van der Waals surface area contributed by atoms with E-state index in [-0.39, 0.29) is 10.6 Å². The van der Waals surface area contributed by atoms with Gasteiger partial charge in [0.1, 0.15) is 11.6 Å². The maximum Gasteiger partial charge on any atom is 0.416 e. The number of para-hydroxylation sites is 1. The highest BCUT2D eigenvalue weighted by Crippen LogP contribution is 2.31. The number of H-pyrrole nitrogens is 1. The number of hydrogen-bond acceptors (Lipinski definition) is 3. The quantitative estimate of drug-likeness (QED) is 0.362. The summed E-state index contributed by atoms with van der Waals surface area (Å²) in [6, 6.07) is 17.0. The molecule has 0 fully saturated rings. The van der Waals surface area contributed by atoms with Crippen LogP contribution >= 0.6 is 11.6 Å². The van der Waals surface area contributed by atoms with Crippen LogP contribution in [0, 0.1) is 5.82 Å². The summed E-state index contributed by atoms with van der Waals surface area (Å²) in [5.74, 6) is -0.156. The molecule has 3 aromatic heterocycles. The molecular weight excluding hydrogens is 419 g/mol. The maximum absolute atomic E-state index is 14.2. The number of fused-ring (bicyclic) bond motifs is 1. The summed E-state index contributed by atoms with van der Waals surface area (Å²) < 4.78 is 15.4. The lowest BCUT2D eigenvalue weighted by Crippen LogP contribution is -2.09. The van der Waals surface area contributed by atoms with Crippen LogP contribution in [-0.4, -0.2) is 30.7 Å². The second kappa shape index (κ2) is 7.37. The number of nitrogens with one attached hydrogen (secondary N) is 1. The predicted octanol–water partition coefficient (Wildman–Crippen LogP) is 6.08. The molecule has 2 N–H and O–H groups in total. The van der Waals surface area contributed by atoms with E-state index in [0.717, 1.165) is 5.39 Å². The first-order chi connectivity index (χ1) is 15.0. The first-order valence-electron chi connectivity index (χ1n) is 9.33. The highest BCUT2D eigenvalue weighted by Gasteiger charge is 2.17. The normalized spacial score (nSPS) is 11.2. The highest BCUT2D eigenvalue weighted by atomic mass is 35.5. The van der Waals surface area contributed by atoms with Crippen LogP contribution in [0.25, 0.3) is 44.9 Å². The van der Waals surface area contributed by atoms with Crippen molar-refractivity contribution in [2.45, 2.75) is 0 Å². The number of carbonyl (C=O) groups is 1. The maximum atomic E-state index is 14.2. The molecule has 0 spiro atoms. The third kappa shape index (κ3) is 3.25. The molecule has 2 aromatic carbocycles. The molecular formula is C23H14ClFN4O2. The van der Waals surface area contributed by atoms with Gasteiger partial charge in [0, 0.05) is 17.1 Å². The van der Waals surface area contributed by atoms with Crippen LogP contribution in [0.1, 0.15) is 0 Å². The fourth-order valence-corrected chi connectivity index (χ4v) is 3.83. The van der Waals surface area contributed by atoms with E-state index in [1.165, 1.54) is 16.7 Å². The molecule has 5 rings (SSSR count). The lowest BCUT2D eigenvalue weighted by Gasteiger charge is -2.06. The van der Waals surface area contributed by atoms with E-state index in [1.54, 1.807) is 48.8 Å². The van der Waals surface area contributed by atoms with Gasteiger partial charge in [-0.2, -0.15) is 0 Å². The Morgan fingerprint density at radius 1 is 1.03 bits per heavy atom. The highest BCUT2D eigenvalue weighted by molar-refractivity contribution is 6.33. The van der Waals surface area contributed by atoms with E-state index in [4.69, 9.17) is 11.6 Å². The average Bonchev–Trinajstić information content (AvgIpc) is 3.39. The molecule has 31 heavy (non-hydrogen) atoms. The lowest BCUT2D eigenvalue weighted by atomic mass is 10.2. The molecule has 5 aromatic rings. The van der Waals surface area contributed by atoms with Crippen molar-refractivity contribution in [2.24, 2.45) is 0 Å². The van der Waals surface area contributed by atoms with E-state index in [9.17, 15) is 14.3 Å². The number of benzene rings is 2. The Morgan fingerprint density at radius 3 is 2.61 bits per heavy atom. The molecule has 152 valence electrons. The zero-order chi connectivity index (χ0) is 21.5. The third-order valence-electron chi connectivity index (χ3n) is 5.01. The minimum absolute atomic E-state index is 0.200. The molecule has 0 radical (unpaired) electrons. The molecule has 8 heteroatoms. The summed E-state index contributed by atoms with van der Waals surface area (Å²) in [4.78, 5) is 23.6. The molecule has 0 amide bonds. The number of carboxylic acid groups (broad SMARTS) is 1. The summed E-state index contributed by atoms with van der Waals surface area (Å²) in [6.45, 7) is 0. The molecule has 0 aliphatic carbocycles. The summed E-state index contributed by atoms with van der Waals surface area (Å²) in [5.41, 5.74) is 3.13. The molecule has 0 unspecified atom stereocenters. The van der Waals surface area contributed by atoms with Crippen LogP contribution < -0.4 is 0 Å². The van der Waals surface area contributed by atoms with Crippen LogP contribution in [0.15, 0.2) is 73.1 Å². The van der Waals surface area contributed by atoms with Gasteiger partial charge in [-0.15, -0.1) is 0 Å². The number of imidazole rings is 1. The van der Waals surface area contributed by atoms with Crippen molar-refractivity contribution in [3.05, 3.63) is 83.9 Å². The van der Waals surface area contributed by atoms with E-state index < -0.39 is 11.9 Å². The summed E-state index contributed by atoms with van der Waals surface area (Å²) in [5, 5.41) is 10.8. The Bertz CT molecular complexity index is 1420. The molecule has 0 saturated carbocycles. The van der Waals surface area contributed by atoms with Gasteiger partial charge in [-0.1, -0.05) is 35.9 Å². The second-order valence-electron chi connectivity index (χ2n) is 6.88. The molecule has 0 saturated heterocycles. The average molecular weight is 433 g/mol. The fraction of sp³-hybridized carbons (Fsp3) is 0. The van der Waals surface area contributed by atoms with Gasteiger partial charge in [-0.3, -0.25) is 4.98 Å². The van der Waals surface area contributed by atoms with Gasteiger partial charge in [0.2, 0.25) is 0 Å². The Labute approximate surface area is 180 Å². The van der Waals surface area contributed by atoms with Gasteiger partial charge in [-0.05, 0) is 36.4 Å². The van der Waals surface area contributed by atoms with Crippen molar-refractivity contribution in [3.8, 4) is 34.0 Å². The SMILES string of the molecule is O=C(O)n1c(-c2ccc(-c3cnc(-c4c(F)cccc4Cl)[nH]3)cn2)cc2ccccc21. The number of nitrogens with zero attached hydrogens (tertiary/aromatic N) is 3. The summed E-state index contributed by atoms with van der Waals surface area (Å²) in [7, 11) is 0. The standard InChI is InChI=1S/C23H14ClFN4O2/c24-15-5-3-6-16(25)21(15)22-27-12-18(28-22)14-8-9-17(26-11-14)20-10-13-4-1-2-7-19(13)29(20)23(30)31/h1-12H,(H,27,28)(H,30,31). The zero-order valence-electron chi connectivity index (χ0n) is 15.9. The Balaban J connectivity index is 1.52. The first-order valence-corrected chi connectivity index (χ1v) is 9.70. The van der Waals surface area contributed by atoms with Gasteiger partial charge < -0.3 is 10.1 Å². The minimum Gasteiger partial charge on any atom is -0.464 e. The molecule has 3 heterocycles. The van der Waals surface area contributed by atoms with Crippen molar-refractivity contribution >= 4 is 28.6 Å². The first kappa shape index (κ1) is 19.0. The van der Waals surface area contributed by atoms with Gasteiger partial charge in [-0.25, -0.2) is 18.7 Å². The van der Waals surface area contributed by atoms with Crippen LogP contribution in [-0.2, 0) is 0 Å². The third-order valence-corrected chi connectivity index (χ3v) is 5.33. The molecule has 0 bridgehead atoms. The minimum atomic E-state index is -1.08. The smallest absolute Gasteiger partial charge is 0.416 e. The monoisotopic (exact) mass is 432 g/mol. The number of aromatic nitrogens is 4. The number of pyridine rings is 1. The molecule has 0 aliphatic heterocycles. The zero-order valence-corrected chi connectivity index (χ0v) is 16.6. The Morgan fingerprint density at radius 2 is 1.87 bits per heavy atom.